The van der Waals surface area contributed by atoms with Gasteiger partial charge in [0.25, 0.3) is 0 Å². The fraction of sp³-hybridized carbons (Fsp3) is 0.440. The molecule has 2 aliphatic heterocycles. The van der Waals surface area contributed by atoms with E-state index in [1.807, 2.05) is 36.1 Å². The highest BCUT2D eigenvalue weighted by Crippen LogP contribution is 2.38. The molecule has 33 heavy (non-hydrogen) atoms. The van der Waals surface area contributed by atoms with Gasteiger partial charge in [-0.15, -0.1) is 0 Å². The lowest BCUT2D eigenvalue weighted by Crippen LogP contribution is -2.44. The Morgan fingerprint density at radius 2 is 1.76 bits per heavy atom. The summed E-state index contributed by atoms with van der Waals surface area (Å²) >= 11 is 0. The van der Waals surface area contributed by atoms with Crippen LogP contribution in [0.5, 0.6) is 0 Å². The summed E-state index contributed by atoms with van der Waals surface area (Å²) in [5, 5.41) is 2.65. The fourth-order valence-electron chi connectivity index (χ4n) is 4.83. The van der Waals surface area contributed by atoms with Crippen LogP contribution in [0.25, 0.3) is 0 Å². The van der Waals surface area contributed by atoms with E-state index in [4.69, 9.17) is 0 Å². The molecule has 0 aromatic heterocycles. The predicted molar refractivity (Wildman–Crippen MR) is 127 cm³/mol. The lowest BCUT2D eigenvalue weighted by atomic mass is 9.92. The molecule has 1 saturated heterocycles. The Morgan fingerprint density at radius 3 is 2.48 bits per heavy atom. The van der Waals surface area contributed by atoms with Gasteiger partial charge < -0.3 is 10.2 Å². The second-order valence-corrected chi connectivity index (χ2v) is 10.8. The summed E-state index contributed by atoms with van der Waals surface area (Å²) < 4.78 is 29.4. The molecule has 1 N–H and O–H groups in total. The zero-order valence-electron chi connectivity index (χ0n) is 19.2. The van der Waals surface area contributed by atoms with Crippen LogP contribution >= 0.6 is 0 Å². The minimum Gasteiger partial charge on any atom is -0.343 e. The van der Waals surface area contributed by atoms with Crippen LogP contribution < -0.4 is 5.32 Å². The Bertz CT molecular complexity index is 1160. The highest BCUT2D eigenvalue weighted by molar-refractivity contribution is 7.89. The molecule has 2 aromatic rings. The second-order valence-electron chi connectivity index (χ2n) is 8.91. The number of nitrogens with one attached hydrogen (secondary N) is 1. The summed E-state index contributed by atoms with van der Waals surface area (Å²) in [4.78, 5) is 26.9. The maximum absolute atomic E-state index is 14.0. The lowest BCUT2D eigenvalue weighted by molar-refractivity contribution is -0.133. The number of aryl methyl sites for hydroxylation is 1. The van der Waals surface area contributed by atoms with Gasteiger partial charge in [0.2, 0.25) is 21.8 Å². The topological polar surface area (TPSA) is 86.8 Å². The molecule has 2 aromatic carbocycles. The van der Waals surface area contributed by atoms with Crippen molar-refractivity contribution in [1.82, 2.24) is 9.21 Å². The number of nitrogens with zero attached hydrogens (tertiary/aromatic N) is 2. The van der Waals surface area contributed by atoms with Gasteiger partial charge in [0.1, 0.15) is 4.90 Å². The molecule has 1 fully saturated rings. The van der Waals surface area contributed by atoms with Crippen molar-refractivity contribution in [2.45, 2.75) is 56.9 Å². The van der Waals surface area contributed by atoms with Crippen LogP contribution in [-0.2, 0) is 26.0 Å². The van der Waals surface area contributed by atoms with Gasteiger partial charge >= 0.3 is 0 Å². The van der Waals surface area contributed by atoms with Crippen LogP contribution in [-0.4, -0.2) is 49.1 Å². The number of fused-ring (bicyclic) bond motifs is 1. The Morgan fingerprint density at radius 1 is 1.03 bits per heavy atom. The Kier molecular flexibility index (Phi) is 6.86. The second kappa shape index (κ2) is 9.65. The molecule has 1 atom stereocenters. The summed E-state index contributed by atoms with van der Waals surface area (Å²) in [6, 6.07) is 12.2. The van der Waals surface area contributed by atoms with Gasteiger partial charge in [0.15, 0.2) is 0 Å². The first-order valence-corrected chi connectivity index (χ1v) is 13.0. The third-order valence-electron chi connectivity index (χ3n) is 6.47. The number of hydrogen-bond acceptors (Lipinski definition) is 4. The van der Waals surface area contributed by atoms with Crippen molar-refractivity contribution in [1.29, 1.82) is 0 Å². The van der Waals surface area contributed by atoms with Crippen molar-refractivity contribution in [2.24, 2.45) is 0 Å². The average Bonchev–Trinajstić information content (AvgIpc) is 2.80. The number of amides is 2. The largest absolute Gasteiger partial charge is 0.343 e. The molecule has 2 amide bonds. The first-order valence-electron chi connectivity index (χ1n) is 11.5. The SMILES string of the molecule is CC(=O)Nc1ccc(C)cc1S(=O)(=O)N1CCc2ccccc2[C@H]1CC(=O)N1CCCCC1. The number of sulfonamides is 1. The van der Waals surface area contributed by atoms with E-state index in [-0.39, 0.29) is 35.4 Å². The van der Waals surface area contributed by atoms with Crippen LogP contribution in [0.4, 0.5) is 5.69 Å². The molecule has 2 heterocycles. The minimum atomic E-state index is -3.98. The molecule has 2 aliphatic rings. The first-order chi connectivity index (χ1) is 15.8. The molecule has 4 rings (SSSR count). The number of piperidine rings is 1. The number of carbonyl (C=O) groups excluding carboxylic acids is 2. The zero-order valence-corrected chi connectivity index (χ0v) is 20.0. The van der Waals surface area contributed by atoms with Gasteiger partial charge in [0, 0.05) is 33.0 Å². The van der Waals surface area contributed by atoms with Crippen molar-refractivity contribution in [3.05, 3.63) is 59.2 Å². The van der Waals surface area contributed by atoms with E-state index >= 15 is 0 Å². The van der Waals surface area contributed by atoms with Crippen LogP contribution in [0.2, 0.25) is 0 Å². The van der Waals surface area contributed by atoms with Crippen molar-refractivity contribution < 1.29 is 18.0 Å². The van der Waals surface area contributed by atoms with Crippen molar-refractivity contribution in [3.63, 3.8) is 0 Å². The summed E-state index contributed by atoms with van der Waals surface area (Å²) in [5.41, 5.74) is 2.99. The molecule has 0 saturated carbocycles. The number of rotatable bonds is 5. The number of likely N-dealkylation sites (tertiary alicyclic amines) is 1. The van der Waals surface area contributed by atoms with Crippen molar-refractivity contribution >= 4 is 27.5 Å². The van der Waals surface area contributed by atoms with Gasteiger partial charge in [-0.1, -0.05) is 30.3 Å². The molecule has 0 aliphatic carbocycles. The average molecular weight is 470 g/mol. The van der Waals surface area contributed by atoms with Crippen molar-refractivity contribution in [3.8, 4) is 0 Å². The summed E-state index contributed by atoms with van der Waals surface area (Å²) in [6.45, 7) is 4.91. The number of benzene rings is 2. The minimum absolute atomic E-state index is 0.0112. The molecule has 176 valence electrons. The van der Waals surface area contributed by atoms with Crippen LogP contribution in [0, 0.1) is 6.92 Å². The Hall–Kier alpha value is -2.71. The van der Waals surface area contributed by atoms with E-state index in [2.05, 4.69) is 5.32 Å². The van der Waals surface area contributed by atoms with Crippen LogP contribution in [0.3, 0.4) is 0 Å². The van der Waals surface area contributed by atoms with E-state index in [0.717, 1.165) is 49.0 Å². The maximum Gasteiger partial charge on any atom is 0.245 e. The van der Waals surface area contributed by atoms with Gasteiger partial charge in [-0.3, -0.25) is 9.59 Å². The molecule has 0 unspecified atom stereocenters. The van der Waals surface area contributed by atoms with Crippen LogP contribution in [0.15, 0.2) is 47.4 Å². The summed E-state index contributed by atoms with van der Waals surface area (Å²) in [7, 11) is -3.98. The molecule has 7 nitrogen and oxygen atoms in total. The molecular weight excluding hydrogens is 438 g/mol. The van der Waals surface area contributed by atoms with Gasteiger partial charge in [-0.2, -0.15) is 4.31 Å². The van der Waals surface area contributed by atoms with Gasteiger partial charge in [-0.05, 0) is 61.4 Å². The number of anilines is 1. The smallest absolute Gasteiger partial charge is 0.245 e. The fourth-order valence-corrected chi connectivity index (χ4v) is 6.67. The third-order valence-corrected chi connectivity index (χ3v) is 8.42. The predicted octanol–water partition coefficient (Wildman–Crippen LogP) is 3.64. The molecular formula is C25H31N3O4S. The first kappa shape index (κ1) is 23.4. The van der Waals surface area contributed by atoms with Crippen molar-refractivity contribution in [2.75, 3.05) is 25.0 Å². The number of hydrogen-bond donors (Lipinski definition) is 1. The molecule has 0 bridgehead atoms. The zero-order chi connectivity index (χ0) is 23.6. The maximum atomic E-state index is 14.0. The monoisotopic (exact) mass is 469 g/mol. The Labute approximate surface area is 195 Å². The lowest BCUT2D eigenvalue weighted by Gasteiger charge is -2.38. The standard InChI is InChI=1S/C25H31N3O4S/c1-18-10-11-22(26-19(2)29)24(16-18)33(31,32)28-15-12-20-8-4-5-9-21(20)23(28)17-25(30)27-13-6-3-7-14-27/h4-5,8-11,16,23H,3,6-7,12-15,17H2,1-2H3,(H,26,29)/t23-/m1/s1. The van der Waals surface area contributed by atoms with E-state index in [0.29, 0.717) is 6.42 Å². The number of carbonyl (C=O) groups is 2. The molecule has 0 radical (unpaired) electrons. The molecule has 8 heteroatoms. The highest BCUT2D eigenvalue weighted by atomic mass is 32.2. The molecule has 0 spiro atoms. The van der Waals surface area contributed by atoms with E-state index < -0.39 is 16.1 Å². The summed E-state index contributed by atoms with van der Waals surface area (Å²) in [6.07, 6.45) is 3.77. The highest BCUT2D eigenvalue weighted by Gasteiger charge is 2.39. The Balaban J connectivity index is 1.74. The quantitative estimate of drug-likeness (QED) is 0.724. The normalized spacial score (nSPS) is 19.1. The van der Waals surface area contributed by atoms with E-state index in [9.17, 15) is 18.0 Å². The van der Waals surface area contributed by atoms with E-state index in [1.165, 1.54) is 11.2 Å². The van der Waals surface area contributed by atoms with Gasteiger partial charge in [0.05, 0.1) is 11.7 Å². The third kappa shape index (κ3) is 4.96. The van der Waals surface area contributed by atoms with Crippen LogP contribution in [0.1, 0.15) is 55.3 Å². The van der Waals surface area contributed by atoms with E-state index in [1.54, 1.807) is 18.2 Å². The van der Waals surface area contributed by atoms with Gasteiger partial charge in [-0.25, -0.2) is 8.42 Å². The summed E-state index contributed by atoms with van der Waals surface area (Å²) in [5.74, 6) is -0.348.